The van der Waals surface area contributed by atoms with Crippen molar-refractivity contribution in [1.82, 2.24) is 9.62 Å². The van der Waals surface area contributed by atoms with Crippen LogP contribution in [0.15, 0.2) is 54.6 Å². The monoisotopic (exact) mass is 392 g/mol. The molecule has 1 atom stereocenters. The van der Waals surface area contributed by atoms with Gasteiger partial charge in [0.05, 0.1) is 18.3 Å². The largest absolute Gasteiger partial charge is 0.439 e. The number of sulfonamides is 1. The Kier molecular flexibility index (Phi) is 5.52. The van der Waals surface area contributed by atoms with Crippen LogP contribution in [0.2, 0.25) is 0 Å². The van der Waals surface area contributed by atoms with E-state index < -0.39 is 39.6 Å². The summed E-state index contributed by atoms with van der Waals surface area (Å²) in [4.78, 5) is 24.4. The molecule has 2 aromatic carbocycles. The van der Waals surface area contributed by atoms with E-state index in [9.17, 15) is 22.4 Å². The average Bonchev–Trinajstić information content (AvgIpc) is 2.95. The Morgan fingerprint density at radius 1 is 1.07 bits per heavy atom. The third-order valence-corrected chi connectivity index (χ3v) is 5.37. The van der Waals surface area contributed by atoms with Crippen LogP contribution in [0.4, 0.5) is 9.18 Å². The van der Waals surface area contributed by atoms with Crippen molar-refractivity contribution in [3.05, 3.63) is 71.5 Å². The predicted molar refractivity (Wildman–Crippen MR) is 94.4 cm³/mol. The lowest BCUT2D eigenvalue weighted by Gasteiger charge is -2.22. The summed E-state index contributed by atoms with van der Waals surface area (Å²) in [5, 5.41) is 0. The minimum Gasteiger partial charge on any atom is -0.439 e. The number of halogens is 1. The van der Waals surface area contributed by atoms with Gasteiger partial charge in [0.25, 0.3) is 5.91 Å². The van der Waals surface area contributed by atoms with E-state index in [-0.39, 0.29) is 18.7 Å². The van der Waals surface area contributed by atoms with Gasteiger partial charge in [-0.3, -0.25) is 4.79 Å². The van der Waals surface area contributed by atoms with E-state index in [0.717, 1.165) is 4.90 Å². The van der Waals surface area contributed by atoms with Gasteiger partial charge >= 0.3 is 6.09 Å². The van der Waals surface area contributed by atoms with Gasteiger partial charge in [-0.05, 0) is 11.6 Å². The Morgan fingerprint density at radius 3 is 2.37 bits per heavy atom. The SMILES string of the molecule is O=C1COC(=O)N1C[C@H](NS(=O)(=O)Cc1ccccc1F)c1ccccc1. The van der Waals surface area contributed by atoms with Gasteiger partial charge in [0.1, 0.15) is 5.82 Å². The highest BCUT2D eigenvalue weighted by atomic mass is 32.2. The Labute approximate surface area is 155 Å². The van der Waals surface area contributed by atoms with Crippen molar-refractivity contribution in [3.63, 3.8) is 0 Å². The van der Waals surface area contributed by atoms with Crippen molar-refractivity contribution >= 4 is 22.0 Å². The third kappa shape index (κ3) is 4.69. The maximum Gasteiger partial charge on any atom is 0.417 e. The number of carbonyl (C=O) groups excluding carboxylic acids is 2. The van der Waals surface area contributed by atoms with E-state index in [1.807, 2.05) is 0 Å². The van der Waals surface area contributed by atoms with Crippen LogP contribution in [0.5, 0.6) is 0 Å². The lowest BCUT2D eigenvalue weighted by molar-refractivity contribution is -0.126. The number of carbonyl (C=O) groups is 2. The molecule has 1 heterocycles. The van der Waals surface area contributed by atoms with E-state index in [1.165, 1.54) is 18.2 Å². The molecule has 142 valence electrons. The average molecular weight is 392 g/mol. The summed E-state index contributed by atoms with van der Waals surface area (Å²) in [5.74, 6) is -1.74. The smallest absolute Gasteiger partial charge is 0.417 e. The number of nitrogens with one attached hydrogen (secondary N) is 1. The van der Waals surface area contributed by atoms with Crippen molar-refractivity contribution in [1.29, 1.82) is 0 Å². The molecular formula is C18H17FN2O5S. The van der Waals surface area contributed by atoms with Crippen molar-refractivity contribution in [3.8, 4) is 0 Å². The molecule has 1 aliphatic rings. The van der Waals surface area contributed by atoms with Crippen molar-refractivity contribution in [2.24, 2.45) is 0 Å². The van der Waals surface area contributed by atoms with Crippen molar-refractivity contribution in [2.75, 3.05) is 13.2 Å². The second kappa shape index (κ2) is 7.85. The van der Waals surface area contributed by atoms with E-state index in [1.54, 1.807) is 36.4 Å². The minimum atomic E-state index is -3.96. The Bertz CT molecular complexity index is 933. The van der Waals surface area contributed by atoms with Crippen LogP contribution in [-0.4, -0.2) is 38.5 Å². The van der Waals surface area contributed by atoms with E-state index >= 15 is 0 Å². The number of imide groups is 1. The first-order chi connectivity index (χ1) is 12.9. The molecule has 0 spiro atoms. The van der Waals surface area contributed by atoms with Gasteiger partial charge in [-0.1, -0.05) is 48.5 Å². The van der Waals surface area contributed by atoms with Gasteiger partial charge in [-0.15, -0.1) is 0 Å². The van der Waals surface area contributed by atoms with Crippen LogP contribution < -0.4 is 4.72 Å². The maximum atomic E-state index is 13.8. The van der Waals surface area contributed by atoms with Gasteiger partial charge in [-0.2, -0.15) is 0 Å². The van der Waals surface area contributed by atoms with Crippen LogP contribution in [0.25, 0.3) is 0 Å². The van der Waals surface area contributed by atoms with Crippen LogP contribution in [0, 0.1) is 5.82 Å². The number of nitrogens with zero attached hydrogens (tertiary/aromatic N) is 1. The number of benzene rings is 2. The summed E-state index contributed by atoms with van der Waals surface area (Å²) in [6.45, 7) is -0.597. The molecule has 1 N–H and O–H groups in total. The molecule has 1 aliphatic heterocycles. The highest BCUT2D eigenvalue weighted by molar-refractivity contribution is 7.88. The molecule has 0 bridgehead atoms. The maximum absolute atomic E-state index is 13.8. The zero-order valence-electron chi connectivity index (χ0n) is 14.2. The number of cyclic esters (lactones) is 1. The molecule has 2 aromatic rings. The quantitative estimate of drug-likeness (QED) is 0.778. The van der Waals surface area contributed by atoms with E-state index in [0.29, 0.717) is 5.56 Å². The number of amides is 2. The summed E-state index contributed by atoms with van der Waals surface area (Å²) >= 11 is 0. The van der Waals surface area contributed by atoms with Crippen LogP contribution in [-0.2, 0) is 25.3 Å². The molecule has 9 heteroatoms. The molecule has 0 aromatic heterocycles. The summed E-state index contributed by atoms with van der Waals surface area (Å²) in [6, 6.07) is 13.2. The fourth-order valence-electron chi connectivity index (χ4n) is 2.71. The number of ether oxygens (including phenoxy) is 1. The first kappa shape index (κ1) is 19.0. The number of rotatable bonds is 7. The highest BCUT2D eigenvalue weighted by Gasteiger charge is 2.34. The van der Waals surface area contributed by atoms with E-state index in [2.05, 4.69) is 9.46 Å². The van der Waals surface area contributed by atoms with Crippen LogP contribution in [0.1, 0.15) is 17.2 Å². The summed E-state index contributed by atoms with van der Waals surface area (Å²) < 4.78 is 46.1. The second-order valence-corrected chi connectivity index (χ2v) is 7.74. The normalized spacial score (nSPS) is 15.7. The Hall–Kier alpha value is -2.78. The zero-order valence-corrected chi connectivity index (χ0v) is 15.0. The van der Waals surface area contributed by atoms with Gasteiger partial charge in [-0.25, -0.2) is 27.2 Å². The van der Waals surface area contributed by atoms with Crippen LogP contribution in [0.3, 0.4) is 0 Å². The topological polar surface area (TPSA) is 92.8 Å². The molecule has 27 heavy (non-hydrogen) atoms. The lowest BCUT2D eigenvalue weighted by atomic mass is 10.1. The first-order valence-electron chi connectivity index (χ1n) is 8.11. The minimum absolute atomic E-state index is 0.0217. The van der Waals surface area contributed by atoms with Crippen molar-refractivity contribution in [2.45, 2.75) is 11.8 Å². The molecule has 0 saturated carbocycles. The van der Waals surface area contributed by atoms with Crippen LogP contribution >= 0.6 is 0 Å². The molecule has 0 unspecified atom stereocenters. The molecule has 3 rings (SSSR count). The molecule has 2 amide bonds. The Morgan fingerprint density at radius 2 is 1.74 bits per heavy atom. The molecular weight excluding hydrogens is 375 g/mol. The van der Waals surface area contributed by atoms with Gasteiger partial charge in [0, 0.05) is 5.56 Å². The van der Waals surface area contributed by atoms with E-state index in [4.69, 9.17) is 0 Å². The van der Waals surface area contributed by atoms with Crippen molar-refractivity contribution < 1.29 is 27.1 Å². The molecule has 1 fully saturated rings. The molecule has 0 radical (unpaired) electrons. The molecule has 1 saturated heterocycles. The summed E-state index contributed by atoms with van der Waals surface area (Å²) in [6.07, 6.45) is -0.825. The van der Waals surface area contributed by atoms with Gasteiger partial charge in [0.15, 0.2) is 6.61 Å². The second-order valence-electron chi connectivity index (χ2n) is 5.99. The fourth-order valence-corrected chi connectivity index (χ4v) is 4.09. The number of hydrogen-bond donors (Lipinski definition) is 1. The van der Waals surface area contributed by atoms with Gasteiger partial charge < -0.3 is 4.74 Å². The zero-order chi connectivity index (χ0) is 19.4. The highest BCUT2D eigenvalue weighted by Crippen LogP contribution is 2.20. The standard InChI is InChI=1S/C18H17FN2O5S/c19-15-9-5-4-8-14(15)12-27(24,25)20-16(13-6-2-1-3-7-13)10-21-17(22)11-26-18(21)23/h1-9,16,20H,10-12H2/t16-/m0/s1. The number of hydrogen-bond acceptors (Lipinski definition) is 5. The predicted octanol–water partition coefficient (Wildman–Crippen LogP) is 1.97. The summed E-state index contributed by atoms with van der Waals surface area (Å²) in [5.41, 5.74) is 0.579. The lowest BCUT2D eigenvalue weighted by Crippen LogP contribution is -2.40. The molecule has 0 aliphatic carbocycles. The van der Waals surface area contributed by atoms with Gasteiger partial charge in [0.2, 0.25) is 10.0 Å². The fraction of sp³-hybridized carbons (Fsp3) is 0.222. The Balaban J connectivity index is 1.83. The first-order valence-corrected chi connectivity index (χ1v) is 9.76. The third-order valence-electron chi connectivity index (χ3n) is 4.03. The summed E-state index contributed by atoms with van der Waals surface area (Å²) in [7, 11) is -3.96. The molecule has 7 nitrogen and oxygen atoms in total.